The molecule has 1 N–H and O–H groups in total. The van der Waals surface area contributed by atoms with E-state index in [1.165, 1.54) is 42.7 Å². The molecule has 2 aromatic heterocycles. The molecule has 0 bridgehead atoms. The Balaban J connectivity index is 1.72. The van der Waals surface area contributed by atoms with Crippen LogP contribution in [0.5, 0.6) is 0 Å². The largest absolute Gasteiger partial charge is 0.478 e. The van der Waals surface area contributed by atoms with Crippen LogP contribution in [0.1, 0.15) is 28.0 Å². The van der Waals surface area contributed by atoms with Crippen molar-refractivity contribution < 1.29 is 35.9 Å². The summed E-state index contributed by atoms with van der Waals surface area (Å²) in [5.41, 5.74) is -1.02. The van der Waals surface area contributed by atoms with E-state index < -0.39 is 45.2 Å². The Kier molecular flexibility index (Phi) is 8.00. The molecular weight excluding hydrogens is 660 g/mol. The Hall–Kier alpha value is -5.58. The summed E-state index contributed by atoms with van der Waals surface area (Å²) in [5.74, 6) is -3.34. The van der Waals surface area contributed by atoms with Gasteiger partial charge in [-0.2, -0.15) is 5.26 Å². The number of nitrogens with zero attached hydrogens (tertiary/aromatic N) is 4. The van der Waals surface area contributed by atoms with Gasteiger partial charge in [-0.25, -0.2) is 39.7 Å². The van der Waals surface area contributed by atoms with Gasteiger partial charge in [-0.15, -0.1) is 0 Å². The van der Waals surface area contributed by atoms with E-state index in [9.17, 15) is 41.1 Å². The first-order chi connectivity index (χ1) is 22.4. The molecule has 4 aromatic carbocycles. The lowest BCUT2D eigenvalue weighted by Gasteiger charge is -2.15. The molecule has 0 aliphatic carbocycles. The highest BCUT2D eigenvalue weighted by molar-refractivity contribution is 7.90. The number of carboxylic acid groups (broad SMARTS) is 1. The van der Waals surface area contributed by atoms with E-state index in [0.29, 0.717) is 0 Å². The van der Waals surface area contributed by atoms with Crippen LogP contribution >= 0.6 is 11.6 Å². The molecule has 0 atom stereocenters. The van der Waals surface area contributed by atoms with E-state index in [2.05, 4.69) is 9.97 Å². The minimum Gasteiger partial charge on any atom is -0.478 e. The number of rotatable bonds is 7. The van der Waals surface area contributed by atoms with Crippen LogP contribution in [0.4, 0.5) is 17.6 Å². The first-order valence-electron chi connectivity index (χ1n) is 13.4. The van der Waals surface area contributed by atoms with Crippen molar-refractivity contribution in [1.29, 1.82) is 5.26 Å². The van der Waals surface area contributed by atoms with Gasteiger partial charge in [-0.05, 0) is 54.1 Å². The lowest BCUT2D eigenvalue weighted by molar-refractivity contribution is 0.0692. The van der Waals surface area contributed by atoms with Crippen molar-refractivity contribution in [3.63, 3.8) is 0 Å². The van der Waals surface area contributed by atoms with Crippen LogP contribution in [0, 0.1) is 23.0 Å². The van der Waals surface area contributed by atoms with Gasteiger partial charge in [-0.3, -0.25) is 4.98 Å². The Labute approximate surface area is 268 Å². The number of alkyl halides is 2. The Bertz CT molecular complexity index is 2390. The molecule has 0 radical (unpaired) electrons. The zero-order valence-electron chi connectivity index (χ0n) is 23.5. The number of benzene rings is 4. The number of hydrogen-bond acceptors (Lipinski definition) is 6. The lowest BCUT2D eigenvalue weighted by Crippen LogP contribution is -2.14. The fourth-order valence-electron chi connectivity index (χ4n) is 5.25. The van der Waals surface area contributed by atoms with Crippen LogP contribution in [-0.4, -0.2) is 33.4 Å². The van der Waals surface area contributed by atoms with E-state index in [1.807, 2.05) is 6.07 Å². The molecule has 0 aliphatic heterocycles. The molecule has 0 fully saturated rings. The molecule has 6 aromatic rings. The zero-order chi connectivity index (χ0) is 33.6. The quantitative estimate of drug-likeness (QED) is 0.169. The van der Waals surface area contributed by atoms with Crippen molar-refractivity contribution >= 4 is 38.5 Å². The van der Waals surface area contributed by atoms with Crippen LogP contribution < -0.4 is 0 Å². The summed E-state index contributed by atoms with van der Waals surface area (Å²) in [7, 11) is -4.65. The molecule has 2 heterocycles. The summed E-state index contributed by atoms with van der Waals surface area (Å²) in [6.07, 6.45) is -0.335. The smallest absolute Gasteiger partial charge is 0.338 e. The minimum absolute atomic E-state index is 0.00702. The van der Waals surface area contributed by atoms with Crippen molar-refractivity contribution in [2.45, 2.75) is 11.3 Å². The normalized spacial score (nSPS) is 11.6. The van der Waals surface area contributed by atoms with Crippen molar-refractivity contribution in [1.82, 2.24) is 13.9 Å². The van der Waals surface area contributed by atoms with Gasteiger partial charge in [-0.1, -0.05) is 41.9 Å². The Morgan fingerprint density at radius 2 is 1.64 bits per heavy atom. The molecule has 47 heavy (non-hydrogen) atoms. The predicted molar refractivity (Wildman–Crippen MR) is 164 cm³/mol. The van der Waals surface area contributed by atoms with Crippen LogP contribution in [0.2, 0.25) is 5.02 Å². The number of nitriles is 1. The molecule has 0 spiro atoms. The SMILES string of the molecule is N#Cc1nccnc1-c1c(-c2cccc(-c3cc(F)c(C(=O)O)cc3Cl)c2)n(S(=O)(=O)c2ccc(C(F)F)cc2)c2ccc(F)cc12. The highest BCUT2D eigenvalue weighted by Crippen LogP contribution is 2.44. The van der Waals surface area contributed by atoms with E-state index in [-0.39, 0.29) is 60.2 Å². The van der Waals surface area contributed by atoms with Crippen molar-refractivity contribution in [2.24, 2.45) is 0 Å². The number of aromatic carboxylic acids is 1. The van der Waals surface area contributed by atoms with Crippen molar-refractivity contribution in [3.8, 4) is 39.7 Å². The Morgan fingerprint density at radius 3 is 2.32 bits per heavy atom. The number of carbonyl (C=O) groups is 1. The van der Waals surface area contributed by atoms with Crippen LogP contribution in [-0.2, 0) is 10.0 Å². The first-order valence-corrected chi connectivity index (χ1v) is 15.3. The molecule has 0 amide bonds. The second-order valence-corrected chi connectivity index (χ2v) is 12.3. The number of hydrogen-bond donors (Lipinski definition) is 1. The van der Waals surface area contributed by atoms with Gasteiger partial charge in [0, 0.05) is 45.1 Å². The highest BCUT2D eigenvalue weighted by Gasteiger charge is 2.31. The fourth-order valence-corrected chi connectivity index (χ4v) is 7.06. The fraction of sp³-hybridized carbons (Fsp3) is 0.0303. The summed E-state index contributed by atoms with van der Waals surface area (Å²) in [5, 5.41) is 19.1. The zero-order valence-corrected chi connectivity index (χ0v) is 25.1. The van der Waals surface area contributed by atoms with E-state index in [0.717, 1.165) is 52.5 Å². The number of aromatic nitrogens is 3. The van der Waals surface area contributed by atoms with Crippen molar-refractivity contribution in [3.05, 3.63) is 125 Å². The highest BCUT2D eigenvalue weighted by atomic mass is 35.5. The average molecular weight is 677 g/mol. The summed E-state index contributed by atoms with van der Waals surface area (Å²) in [6.45, 7) is 0. The van der Waals surface area contributed by atoms with Gasteiger partial charge < -0.3 is 5.11 Å². The molecule has 8 nitrogen and oxygen atoms in total. The number of carboxylic acids is 1. The molecule has 14 heteroatoms. The monoisotopic (exact) mass is 676 g/mol. The molecule has 0 saturated carbocycles. The predicted octanol–water partition coefficient (Wildman–Crippen LogP) is 8.11. The van der Waals surface area contributed by atoms with Gasteiger partial charge in [0.25, 0.3) is 16.4 Å². The number of halogens is 5. The second-order valence-electron chi connectivity index (χ2n) is 10.1. The molecule has 234 valence electrons. The minimum atomic E-state index is -4.65. The summed E-state index contributed by atoms with van der Waals surface area (Å²) in [4.78, 5) is 19.4. The summed E-state index contributed by atoms with van der Waals surface area (Å²) in [6, 6.07) is 17.0. The molecule has 0 aliphatic rings. The topological polar surface area (TPSA) is 126 Å². The molecule has 0 unspecified atom stereocenters. The van der Waals surface area contributed by atoms with Gasteiger partial charge in [0.2, 0.25) is 0 Å². The third kappa shape index (κ3) is 5.47. The third-order valence-electron chi connectivity index (χ3n) is 7.33. The summed E-state index contributed by atoms with van der Waals surface area (Å²) >= 11 is 6.37. The maximum Gasteiger partial charge on any atom is 0.338 e. The van der Waals surface area contributed by atoms with Gasteiger partial charge in [0.15, 0.2) is 5.69 Å². The van der Waals surface area contributed by atoms with Crippen LogP contribution in [0.15, 0.2) is 96.2 Å². The Morgan fingerprint density at radius 1 is 0.936 bits per heavy atom. The second kappa shape index (κ2) is 12.0. The molecule has 6 rings (SSSR count). The summed E-state index contributed by atoms with van der Waals surface area (Å²) < 4.78 is 86.0. The van der Waals surface area contributed by atoms with Gasteiger partial charge in [0.1, 0.15) is 23.4 Å². The van der Waals surface area contributed by atoms with Crippen LogP contribution in [0.25, 0.3) is 44.5 Å². The van der Waals surface area contributed by atoms with Gasteiger partial charge >= 0.3 is 5.97 Å². The number of fused-ring (bicyclic) bond motifs is 1. The van der Waals surface area contributed by atoms with Crippen molar-refractivity contribution in [2.75, 3.05) is 0 Å². The molecule has 0 saturated heterocycles. The standard InChI is InChI=1S/C33H17ClF4N4O4S/c34-25-14-23(33(43)44)26(36)15-22(25)18-2-1-3-19(12-18)31-29(30-27(16-39)40-10-11-41-30)24-13-20(35)6-9-28(24)42(31)47(45,46)21-7-4-17(5-8-21)32(37)38/h1-15,32H,(H,43,44). The van der Waals surface area contributed by atoms with E-state index in [4.69, 9.17) is 11.6 Å². The lowest BCUT2D eigenvalue weighted by atomic mass is 9.97. The maximum atomic E-state index is 14.8. The van der Waals surface area contributed by atoms with E-state index >= 15 is 0 Å². The van der Waals surface area contributed by atoms with E-state index in [1.54, 1.807) is 0 Å². The maximum absolute atomic E-state index is 14.8. The molecular formula is C33H17ClF4N4O4S. The third-order valence-corrected chi connectivity index (χ3v) is 9.37. The van der Waals surface area contributed by atoms with Gasteiger partial charge in [0.05, 0.1) is 21.7 Å². The average Bonchev–Trinajstić information content (AvgIpc) is 3.40. The first kappa shape index (κ1) is 31.4. The van der Waals surface area contributed by atoms with Crippen LogP contribution in [0.3, 0.4) is 0 Å².